The minimum Gasteiger partial charge on any atom is -0.376 e. The molecular formula is C17H21N3O2. The lowest BCUT2D eigenvalue weighted by Crippen LogP contribution is -2.17. The Morgan fingerprint density at radius 1 is 1.41 bits per heavy atom. The molecule has 1 N–H and O–H groups in total. The van der Waals surface area contributed by atoms with E-state index in [1.807, 2.05) is 37.6 Å². The van der Waals surface area contributed by atoms with E-state index in [2.05, 4.69) is 16.5 Å². The number of benzene rings is 1. The van der Waals surface area contributed by atoms with Crippen molar-refractivity contribution < 1.29 is 9.53 Å². The first-order valence-corrected chi connectivity index (χ1v) is 7.65. The molecule has 22 heavy (non-hydrogen) atoms. The Bertz CT molecular complexity index is 719. The molecule has 1 aromatic heterocycles. The van der Waals surface area contributed by atoms with Crippen molar-refractivity contribution in [1.29, 1.82) is 0 Å². The number of hydrogen-bond acceptors (Lipinski definition) is 3. The van der Waals surface area contributed by atoms with E-state index < -0.39 is 0 Å². The molecule has 0 saturated carbocycles. The average molecular weight is 299 g/mol. The predicted octanol–water partition coefficient (Wildman–Crippen LogP) is 2.84. The van der Waals surface area contributed by atoms with Crippen LogP contribution < -0.4 is 5.32 Å². The second-order valence-electron chi connectivity index (χ2n) is 5.66. The first kappa shape index (κ1) is 14.8. The van der Waals surface area contributed by atoms with Gasteiger partial charge in [-0.3, -0.25) is 9.48 Å². The van der Waals surface area contributed by atoms with Gasteiger partial charge >= 0.3 is 0 Å². The van der Waals surface area contributed by atoms with Crippen LogP contribution in [0.25, 0.3) is 0 Å². The van der Waals surface area contributed by atoms with E-state index in [-0.39, 0.29) is 5.91 Å². The fraction of sp³-hybridized carbons (Fsp3) is 0.412. The van der Waals surface area contributed by atoms with Gasteiger partial charge in [0.1, 0.15) is 0 Å². The molecule has 116 valence electrons. The highest BCUT2D eigenvalue weighted by molar-refractivity contribution is 6.04. The Morgan fingerprint density at radius 2 is 2.23 bits per heavy atom. The second-order valence-corrected chi connectivity index (χ2v) is 5.66. The van der Waals surface area contributed by atoms with Gasteiger partial charge in [-0.1, -0.05) is 17.7 Å². The van der Waals surface area contributed by atoms with Crippen LogP contribution in [0.4, 0.5) is 5.69 Å². The molecule has 1 aliphatic heterocycles. The van der Waals surface area contributed by atoms with Gasteiger partial charge in [0.2, 0.25) is 0 Å². The van der Waals surface area contributed by atoms with E-state index in [1.54, 1.807) is 0 Å². The molecule has 3 rings (SSSR count). The van der Waals surface area contributed by atoms with Crippen molar-refractivity contribution in [2.75, 3.05) is 11.9 Å². The summed E-state index contributed by atoms with van der Waals surface area (Å²) in [5, 5.41) is 7.45. The zero-order chi connectivity index (χ0) is 15.7. The molecule has 0 atom stereocenters. The number of aromatic nitrogens is 2. The number of ether oxygens (including phenoxy) is 1. The number of fused-ring (bicyclic) bond motifs is 1. The number of carbonyl (C=O) groups excluding carboxylic acids is 1. The van der Waals surface area contributed by atoms with E-state index in [4.69, 9.17) is 4.74 Å². The molecular weight excluding hydrogens is 278 g/mol. The van der Waals surface area contributed by atoms with E-state index in [0.717, 1.165) is 35.5 Å². The highest BCUT2D eigenvalue weighted by Gasteiger charge is 2.25. The number of nitrogens with zero attached hydrogens (tertiary/aromatic N) is 2. The van der Waals surface area contributed by atoms with Gasteiger partial charge < -0.3 is 10.1 Å². The van der Waals surface area contributed by atoms with Gasteiger partial charge in [-0.2, -0.15) is 5.10 Å². The highest BCUT2D eigenvalue weighted by atomic mass is 16.5. The van der Waals surface area contributed by atoms with Gasteiger partial charge in [-0.15, -0.1) is 0 Å². The van der Waals surface area contributed by atoms with Gasteiger partial charge in [0, 0.05) is 29.9 Å². The third kappa shape index (κ3) is 2.64. The first-order valence-electron chi connectivity index (χ1n) is 7.65. The van der Waals surface area contributed by atoms with Crippen molar-refractivity contribution >= 4 is 11.6 Å². The van der Waals surface area contributed by atoms with Crippen LogP contribution in [-0.2, 0) is 24.3 Å². The van der Waals surface area contributed by atoms with E-state index in [9.17, 15) is 4.79 Å². The largest absolute Gasteiger partial charge is 0.376 e. The molecule has 0 bridgehead atoms. The summed E-state index contributed by atoms with van der Waals surface area (Å²) in [5.74, 6) is -0.166. The summed E-state index contributed by atoms with van der Waals surface area (Å²) in [6.45, 7) is 7.98. The van der Waals surface area contributed by atoms with E-state index in [0.29, 0.717) is 18.9 Å². The zero-order valence-corrected chi connectivity index (χ0v) is 13.3. The lowest BCUT2D eigenvalue weighted by Gasteiger charge is -2.14. The van der Waals surface area contributed by atoms with Crippen molar-refractivity contribution in [1.82, 2.24) is 9.78 Å². The molecule has 2 aromatic rings. The summed E-state index contributed by atoms with van der Waals surface area (Å²) in [7, 11) is 0. The molecule has 0 saturated heterocycles. The maximum Gasteiger partial charge on any atom is 0.276 e. The monoisotopic (exact) mass is 299 g/mol. The van der Waals surface area contributed by atoms with Crippen molar-refractivity contribution in [3.05, 3.63) is 46.3 Å². The molecule has 5 nitrogen and oxygen atoms in total. The maximum absolute atomic E-state index is 12.6. The standard InChI is InChI=1S/C17H21N3O2/c1-4-20-15-7-8-22-10-13(15)16(19-20)17(21)18-14-6-5-11(2)9-12(14)3/h5-6,9H,4,7-8,10H2,1-3H3,(H,18,21). The summed E-state index contributed by atoms with van der Waals surface area (Å²) in [6.07, 6.45) is 0.813. The van der Waals surface area contributed by atoms with E-state index in [1.165, 1.54) is 5.56 Å². The van der Waals surface area contributed by atoms with Crippen LogP contribution in [0, 0.1) is 13.8 Å². The summed E-state index contributed by atoms with van der Waals surface area (Å²) in [6, 6.07) is 5.98. The van der Waals surface area contributed by atoms with Gasteiger partial charge in [-0.05, 0) is 32.4 Å². The van der Waals surface area contributed by atoms with Crippen LogP contribution >= 0.6 is 0 Å². The van der Waals surface area contributed by atoms with Gasteiger partial charge in [-0.25, -0.2) is 0 Å². The lowest BCUT2D eigenvalue weighted by molar-refractivity contribution is 0.0984. The SMILES string of the molecule is CCn1nc(C(=O)Nc2ccc(C)cc2C)c2c1CCOC2. The molecule has 0 fully saturated rings. The van der Waals surface area contributed by atoms with Crippen molar-refractivity contribution in [2.24, 2.45) is 0 Å². The predicted molar refractivity (Wildman–Crippen MR) is 85.1 cm³/mol. The Morgan fingerprint density at radius 3 is 2.95 bits per heavy atom. The fourth-order valence-corrected chi connectivity index (χ4v) is 2.89. The molecule has 1 amide bonds. The summed E-state index contributed by atoms with van der Waals surface area (Å²) in [4.78, 5) is 12.6. The quantitative estimate of drug-likeness (QED) is 0.948. The summed E-state index contributed by atoms with van der Waals surface area (Å²) in [5.41, 5.74) is 5.59. The van der Waals surface area contributed by atoms with Gasteiger partial charge in [0.25, 0.3) is 5.91 Å². The number of aryl methyl sites for hydroxylation is 3. The molecule has 1 aromatic carbocycles. The molecule has 5 heteroatoms. The average Bonchev–Trinajstić information content (AvgIpc) is 2.89. The Kier molecular flexibility index (Phi) is 3.98. The summed E-state index contributed by atoms with van der Waals surface area (Å²) < 4.78 is 7.41. The smallest absolute Gasteiger partial charge is 0.276 e. The topological polar surface area (TPSA) is 56.2 Å². The Hall–Kier alpha value is -2.14. The number of rotatable bonds is 3. The molecule has 0 spiro atoms. The minimum absolute atomic E-state index is 0.166. The molecule has 0 radical (unpaired) electrons. The van der Waals surface area contributed by atoms with Gasteiger partial charge in [0.15, 0.2) is 5.69 Å². The molecule has 0 aliphatic carbocycles. The summed E-state index contributed by atoms with van der Waals surface area (Å²) >= 11 is 0. The number of anilines is 1. The normalized spacial score (nSPS) is 13.8. The number of carbonyl (C=O) groups is 1. The number of hydrogen-bond donors (Lipinski definition) is 1. The molecule has 1 aliphatic rings. The minimum atomic E-state index is -0.166. The Balaban J connectivity index is 1.90. The maximum atomic E-state index is 12.6. The van der Waals surface area contributed by atoms with Crippen molar-refractivity contribution in [2.45, 2.75) is 40.3 Å². The zero-order valence-electron chi connectivity index (χ0n) is 13.3. The van der Waals surface area contributed by atoms with Crippen molar-refractivity contribution in [3.8, 4) is 0 Å². The van der Waals surface area contributed by atoms with Crippen LogP contribution in [0.5, 0.6) is 0 Å². The first-order chi connectivity index (χ1) is 10.6. The van der Waals surface area contributed by atoms with Crippen LogP contribution in [-0.4, -0.2) is 22.3 Å². The lowest BCUT2D eigenvalue weighted by atomic mass is 10.1. The van der Waals surface area contributed by atoms with Gasteiger partial charge in [0.05, 0.1) is 13.2 Å². The second kappa shape index (κ2) is 5.93. The Labute approximate surface area is 130 Å². The molecule has 2 heterocycles. The van der Waals surface area contributed by atoms with Crippen LogP contribution in [0.1, 0.15) is 39.8 Å². The van der Waals surface area contributed by atoms with Crippen molar-refractivity contribution in [3.63, 3.8) is 0 Å². The fourth-order valence-electron chi connectivity index (χ4n) is 2.89. The van der Waals surface area contributed by atoms with Crippen LogP contribution in [0.15, 0.2) is 18.2 Å². The molecule has 0 unspecified atom stereocenters. The van der Waals surface area contributed by atoms with Crippen LogP contribution in [0.2, 0.25) is 0 Å². The van der Waals surface area contributed by atoms with Crippen LogP contribution in [0.3, 0.4) is 0 Å². The number of amides is 1. The van der Waals surface area contributed by atoms with E-state index >= 15 is 0 Å². The highest BCUT2D eigenvalue weighted by Crippen LogP contribution is 2.23. The third-order valence-electron chi connectivity index (χ3n) is 4.04. The number of nitrogens with one attached hydrogen (secondary N) is 1. The third-order valence-corrected chi connectivity index (χ3v) is 4.04.